The summed E-state index contributed by atoms with van der Waals surface area (Å²) in [5.41, 5.74) is 2.01. The molecule has 2 unspecified atom stereocenters. The van der Waals surface area contributed by atoms with Gasteiger partial charge in [0.15, 0.2) is 11.6 Å². The Morgan fingerprint density at radius 2 is 0.957 bits per heavy atom. The van der Waals surface area contributed by atoms with Crippen LogP contribution in [0.5, 0.6) is 11.5 Å². The second-order valence-corrected chi connectivity index (χ2v) is 20.5. The van der Waals surface area contributed by atoms with E-state index in [2.05, 4.69) is 34.9 Å². The number of carbonyl (C=O) groups excluding carboxylic acids is 4. The number of fused-ring (bicyclic) bond motifs is 4. The van der Waals surface area contributed by atoms with Crippen LogP contribution in [0.3, 0.4) is 0 Å². The zero-order chi connectivity index (χ0) is 49.4. The molecule has 4 bridgehead atoms. The van der Waals surface area contributed by atoms with Crippen molar-refractivity contribution in [3.63, 3.8) is 0 Å². The number of methoxy groups -OCH3 is 4. The summed E-state index contributed by atoms with van der Waals surface area (Å²) in [6.45, 7) is 1.68. The smallest absolute Gasteiger partial charge is 0.407 e. The molecule has 70 heavy (non-hydrogen) atoms. The first-order valence-electron chi connectivity index (χ1n) is 24.8. The number of carbonyl (C=O) groups is 4. The van der Waals surface area contributed by atoms with Crippen molar-refractivity contribution >= 4 is 46.2 Å². The molecule has 0 spiro atoms. The summed E-state index contributed by atoms with van der Waals surface area (Å²) in [6.07, 6.45) is 19.1. The number of nitrogens with one attached hydrogen (secondary N) is 2. The van der Waals surface area contributed by atoms with Crippen LogP contribution in [-0.2, 0) is 41.5 Å². The summed E-state index contributed by atoms with van der Waals surface area (Å²) >= 11 is 2.57. The van der Waals surface area contributed by atoms with Crippen molar-refractivity contribution in [1.82, 2.24) is 20.4 Å². The largest absolute Gasteiger partial charge is 0.497 e. The van der Waals surface area contributed by atoms with E-state index in [0.717, 1.165) is 86.8 Å². The van der Waals surface area contributed by atoms with E-state index in [9.17, 15) is 19.2 Å². The quantitative estimate of drug-likeness (QED) is 0.215. The summed E-state index contributed by atoms with van der Waals surface area (Å²) in [5, 5.41) is 6.09. The van der Waals surface area contributed by atoms with Gasteiger partial charge in [0.1, 0.15) is 11.5 Å². The van der Waals surface area contributed by atoms with Gasteiger partial charge in [0.25, 0.3) is 10.5 Å². The molecule has 4 saturated heterocycles. The van der Waals surface area contributed by atoms with Gasteiger partial charge >= 0.3 is 12.2 Å². The van der Waals surface area contributed by atoms with Crippen molar-refractivity contribution in [1.29, 1.82) is 0 Å². The van der Waals surface area contributed by atoms with Crippen LogP contribution in [0.15, 0.2) is 72.8 Å². The van der Waals surface area contributed by atoms with E-state index in [1.165, 1.54) is 23.5 Å². The number of benzene rings is 2. The number of rotatable bonds is 10. The minimum atomic E-state index is -1.01. The number of hydrogen-bond donors (Lipinski definition) is 2. The maximum atomic E-state index is 12.9. The normalized spacial score (nSPS) is 31.3. The number of alkyl carbamates (subject to hydrolysis) is 2. The molecule has 0 radical (unpaired) electrons. The SMILES string of the molecule is COc1ccc(CN2C(=O)SC[C@H]2[C@@]2(OC)C[C@H]3CC(CCC/C=C/CCCOC(=O)N3)O2)cc1.COc1ccc(CN2C(=O)SC[C@H]2[C@@]2(OC)C[C@H]3CC(CCC/C=C\CCCOC(=O)N3)O2)cc1. The predicted octanol–water partition coefficient (Wildman–Crippen LogP) is 9.74. The van der Waals surface area contributed by atoms with Gasteiger partial charge in [0.05, 0.1) is 51.7 Å². The topological polar surface area (TPSA) is 173 Å². The Morgan fingerprint density at radius 3 is 1.33 bits per heavy atom. The van der Waals surface area contributed by atoms with Crippen LogP contribution in [0.2, 0.25) is 0 Å². The first-order valence-corrected chi connectivity index (χ1v) is 26.8. The molecule has 8 atom stereocenters. The Labute approximate surface area is 421 Å². The van der Waals surface area contributed by atoms with Crippen LogP contribution in [0.1, 0.15) is 101 Å². The van der Waals surface area contributed by atoms with Gasteiger partial charge < -0.3 is 58.3 Å². The molecule has 0 aliphatic carbocycles. The van der Waals surface area contributed by atoms with Crippen molar-refractivity contribution in [2.45, 2.75) is 151 Å². The van der Waals surface area contributed by atoms with Crippen LogP contribution < -0.4 is 20.1 Å². The molecule has 2 aromatic rings. The summed E-state index contributed by atoms with van der Waals surface area (Å²) in [5.74, 6) is 0.646. The summed E-state index contributed by atoms with van der Waals surface area (Å²) in [6, 6.07) is 14.6. The predicted molar refractivity (Wildman–Crippen MR) is 269 cm³/mol. The van der Waals surface area contributed by atoms with E-state index in [1.54, 1.807) is 28.4 Å². The Hall–Kier alpha value is -4.46. The molecule has 6 heterocycles. The lowest BCUT2D eigenvalue weighted by molar-refractivity contribution is -0.294. The van der Waals surface area contributed by atoms with Crippen molar-refractivity contribution in [3.05, 3.63) is 84.0 Å². The molecule has 4 fully saturated rings. The van der Waals surface area contributed by atoms with Gasteiger partial charge in [-0.25, -0.2) is 9.59 Å². The molecule has 8 rings (SSSR count). The van der Waals surface area contributed by atoms with Crippen molar-refractivity contribution in [2.75, 3.05) is 53.2 Å². The highest BCUT2D eigenvalue weighted by atomic mass is 32.2. The second kappa shape index (κ2) is 26.3. The van der Waals surface area contributed by atoms with Crippen molar-refractivity contribution in [3.8, 4) is 11.5 Å². The first kappa shape index (κ1) is 53.3. The van der Waals surface area contributed by atoms with Crippen molar-refractivity contribution < 1.29 is 57.1 Å². The van der Waals surface area contributed by atoms with Crippen LogP contribution in [0, 0.1) is 0 Å². The number of ether oxygens (including phenoxy) is 8. The number of cyclic esters (lactones) is 2. The van der Waals surface area contributed by atoms with Gasteiger partial charge in [-0.05, 0) is 112 Å². The molecular weight excluding hydrogens is 937 g/mol. The third-order valence-corrected chi connectivity index (χ3v) is 15.8. The molecule has 0 saturated carbocycles. The van der Waals surface area contributed by atoms with Crippen LogP contribution >= 0.6 is 23.5 Å². The van der Waals surface area contributed by atoms with E-state index < -0.39 is 23.8 Å². The maximum Gasteiger partial charge on any atom is 0.407 e. The summed E-state index contributed by atoms with van der Waals surface area (Å²) in [7, 11) is 6.54. The van der Waals surface area contributed by atoms with Gasteiger partial charge in [-0.3, -0.25) is 9.59 Å². The first-order chi connectivity index (χ1) is 34.1. The van der Waals surface area contributed by atoms with E-state index in [-0.39, 0.29) is 46.9 Å². The monoisotopic (exact) mass is 1010 g/mol. The lowest BCUT2D eigenvalue weighted by atomic mass is 9.89. The van der Waals surface area contributed by atoms with E-state index in [1.807, 2.05) is 58.3 Å². The van der Waals surface area contributed by atoms with Crippen molar-refractivity contribution in [2.24, 2.45) is 0 Å². The Kier molecular flexibility index (Phi) is 20.0. The second-order valence-electron chi connectivity index (χ2n) is 18.6. The van der Waals surface area contributed by atoms with Gasteiger partial charge in [-0.15, -0.1) is 0 Å². The lowest BCUT2D eigenvalue weighted by Crippen LogP contribution is -2.62. The van der Waals surface area contributed by atoms with Crippen LogP contribution in [0.25, 0.3) is 0 Å². The highest BCUT2D eigenvalue weighted by molar-refractivity contribution is 8.14. The van der Waals surface area contributed by atoms with Gasteiger partial charge in [0, 0.05) is 63.7 Å². The third kappa shape index (κ3) is 14.4. The molecule has 2 aromatic carbocycles. The van der Waals surface area contributed by atoms with Crippen LogP contribution in [0.4, 0.5) is 19.2 Å². The number of allylic oxidation sites excluding steroid dienone is 4. The van der Waals surface area contributed by atoms with Gasteiger partial charge in [-0.1, -0.05) is 72.1 Å². The molecule has 0 aromatic heterocycles. The number of thioether (sulfide) groups is 2. The average Bonchev–Trinajstić information content (AvgIpc) is 3.93. The molecular formula is C52H72N4O12S2. The number of hydrogen-bond acceptors (Lipinski definition) is 14. The Balaban J connectivity index is 0.000000206. The average molecular weight is 1010 g/mol. The molecule has 16 nitrogen and oxygen atoms in total. The fourth-order valence-corrected chi connectivity index (χ4v) is 12.3. The Bertz CT molecular complexity index is 1930. The third-order valence-electron chi connectivity index (χ3n) is 13.8. The lowest BCUT2D eigenvalue weighted by Gasteiger charge is -2.48. The fraction of sp³-hybridized carbons (Fsp3) is 0.615. The Morgan fingerprint density at radius 1 is 0.571 bits per heavy atom. The number of nitrogens with zero attached hydrogens (tertiary/aromatic N) is 2. The molecule has 18 heteroatoms. The molecule has 2 N–H and O–H groups in total. The molecule has 6 aliphatic rings. The highest BCUT2D eigenvalue weighted by Gasteiger charge is 2.55. The van der Waals surface area contributed by atoms with E-state index in [4.69, 9.17) is 37.9 Å². The fourth-order valence-electron chi connectivity index (χ4n) is 10.2. The zero-order valence-electron chi connectivity index (χ0n) is 41.1. The van der Waals surface area contributed by atoms with E-state index >= 15 is 0 Å². The van der Waals surface area contributed by atoms with E-state index in [0.29, 0.717) is 63.5 Å². The number of amides is 4. The maximum absolute atomic E-state index is 12.9. The highest BCUT2D eigenvalue weighted by Crippen LogP contribution is 2.44. The summed E-state index contributed by atoms with van der Waals surface area (Å²) < 4.78 is 46.8. The van der Waals surface area contributed by atoms with Gasteiger partial charge in [-0.2, -0.15) is 0 Å². The standard InChI is InChI=1S/2C26H36N2O6S/c2*1-31-21-12-10-19(11-13-21)17-28-23(18-35-25(28)30)26(32-2)16-20-15-22(34-26)9-7-5-3-4-6-8-14-33-24(29)27-20/h2*3-4,10-13,20,22-23H,5-9,14-18H2,1-2H3,(H,27,29)/b4-3+;4-3-/t2*20-,22?,23+,26-/m11/s1. The minimum absolute atomic E-state index is 0.00386. The zero-order valence-corrected chi connectivity index (χ0v) is 42.8. The summed E-state index contributed by atoms with van der Waals surface area (Å²) in [4.78, 5) is 54.5. The molecule has 384 valence electrons. The van der Waals surface area contributed by atoms with Crippen LogP contribution in [-0.4, -0.2) is 134 Å². The molecule has 6 aliphatic heterocycles. The molecule has 4 amide bonds. The van der Waals surface area contributed by atoms with Gasteiger partial charge in [0.2, 0.25) is 0 Å². The minimum Gasteiger partial charge on any atom is -0.497 e.